The quantitative estimate of drug-likeness (QED) is 0.358. The molecule has 0 unspecified atom stereocenters. The minimum atomic E-state index is -3.57. The summed E-state index contributed by atoms with van der Waals surface area (Å²) in [4.78, 5) is 28.3. The van der Waals surface area contributed by atoms with Crippen LogP contribution in [0.2, 0.25) is 10.0 Å². The van der Waals surface area contributed by atoms with Gasteiger partial charge < -0.3 is 10.2 Å². The zero-order chi connectivity index (χ0) is 28.8. The second-order valence-electron chi connectivity index (χ2n) is 10.6. The molecule has 0 aliphatic heterocycles. The van der Waals surface area contributed by atoms with Crippen LogP contribution in [0.25, 0.3) is 0 Å². The monoisotopic (exact) mass is 583 g/mol. The van der Waals surface area contributed by atoms with E-state index in [0.717, 1.165) is 17.4 Å². The average molecular weight is 585 g/mol. The first-order valence-electron chi connectivity index (χ1n) is 12.6. The molecule has 10 heteroatoms. The van der Waals surface area contributed by atoms with Crippen LogP contribution >= 0.6 is 23.2 Å². The van der Waals surface area contributed by atoms with E-state index in [2.05, 4.69) is 5.32 Å². The lowest BCUT2D eigenvalue weighted by Crippen LogP contribution is -2.53. The van der Waals surface area contributed by atoms with E-state index in [1.54, 1.807) is 24.3 Å². The smallest absolute Gasteiger partial charge is 0.243 e. The van der Waals surface area contributed by atoms with E-state index in [4.69, 9.17) is 23.2 Å². The highest BCUT2D eigenvalue weighted by molar-refractivity contribution is 7.92. The van der Waals surface area contributed by atoms with Crippen molar-refractivity contribution >= 4 is 50.7 Å². The minimum Gasteiger partial charge on any atom is -0.350 e. The van der Waals surface area contributed by atoms with Gasteiger partial charge in [0, 0.05) is 40.7 Å². The standard InChI is InChI=1S/C28H39Cl2N3O4S/c1-8-25(27(35)31-28(4,5)6)32(18-22-23(29)11-9-12-24(22)30)26(34)13-10-16-33(38(7,36)37)21-15-14-19(2)20(3)17-21/h9,11-12,14-15,17,25H,8,10,13,16,18H2,1-7H3,(H,31,35)/t25-/m0/s1. The van der Waals surface area contributed by atoms with Gasteiger partial charge in [0.2, 0.25) is 21.8 Å². The van der Waals surface area contributed by atoms with E-state index in [-0.39, 0.29) is 37.7 Å². The molecule has 2 aromatic rings. The molecule has 7 nitrogen and oxygen atoms in total. The summed E-state index contributed by atoms with van der Waals surface area (Å²) in [6, 6.07) is 9.82. The molecule has 1 atom stereocenters. The number of anilines is 1. The molecule has 0 aromatic heterocycles. The maximum absolute atomic E-state index is 13.6. The number of halogens is 2. The Labute approximate surface area is 237 Å². The van der Waals surface area contributed by atoms with Crippen molar-refractivity contribution in [2.24, 2.45) is 0 Å². The molecule has 38 heavy (non-hydrogen) atoms. The third kappa shape index (κ3) is 8.89. The van der Waals surface area contributed by atoms with Crippen LogP contribution in [0.4, 0.5) is 5.69 Å². The van der Waals surface area contributed by atoms with E-state index in [0.29, 0.717) is 27.7 Å². The first-order chi connectivity index (χ1) is 17.5. The number of benzene rings is 2. The summed E-state index contributed by atoms with van der Waals surface area (Å²) in [6.07, 6.45) is 1.84. The first kappa shape index (κ1) is 31.9. The molecule has 2 amide bonds. The predicted molar refractivity (Wildman–Crippen MR) is 156 cm³/mol. The molecule has 0 aliphatic rings. The fourth-order valence-electron chi connectivity index (χ4n) is 4.11. The van der Waals surface area contributed by atoms with Gasteiger partial charge in [-0.05, 0) is 82.9 Å². The van der Waals surface area contributed by atoms with E-state index in [9.17, 15) is 18.0 Å². The summed E-state index contributed by atoms with van der Waals surface area (Å²) < 4.78 is 26.5. The number of carbonyl (C=O) groups excluding carboxylic acids is 2. The molecule has 0 spiro atoms. The second kappa shape index (κ2) is 13.2. The summed E-state index contributed by atoms with van der Waals surface area (Å²) in [5.41, 5.74) is 2.66. The fraction of sp³-hybridized carbons (Fsp3) is 0.500. The number of hydrogen-bond acceptors (Lipinski definition) is 4. The SMILES string of the molecule is CC[C@@H](C(=O)NC(C)(C)C)N(Cc1c(Cl)cccc1Cl)C(=O)CCCN(c1ccc(C)c(C)c1)S(C)(=O)=O. The van der Waals surface area contributed by atoms with E-state index in [1.165, 1.54) is 9.21 Å². The number of nitrogens with zero attached hydrogens (tertiary/aromatic N) is 2. The molecule has 0 aliphatic carbocycles. The van der Waals surface area contributed by atoms with Gasteiger partial charge in [0.05, 0.1) is 11.9 Å². The molecule has 0 saturated carbocycles. The van der Waals surface area contributed by atoms with Gasteiger partial charge in [-0.25, -0.2) is 8.42 Å². The Morgan fingerprint density at radius 3 is 2.13 bits per heavy atom. The van der Waals surface area contributed by atoms with Crippen LogP contribution < -0.4 is 9.62 Å². The Kier molecular flexibility index (Phi) is 11.1. The Morgan fingerprint density at radius 1 is 1.03 bits per heavy atom. The summed E-state index contributed by atoms with van der Waals surface area (Å²) in [6.45, 7) is 11.5. The van der Waals surface area contributed by atoms with Crippen molar-refractivity contribution in [2.75, 3.05) is 17.1 Å². The molecule has 0 radical (unpaired) electrons. The van der Waals surface area contributed by atoms with Gasteiger partial charge in [0.25, 0.3) is 0 Å². The molecule has 0 saturated heterocycles. The maximum atomic E-state index is 13.6. The Morgan fingerprint density at radius 2 is 1.63 bits per heavy atom. The van der Waals surface area contributed by atoms with E-state index < -0.39 is 21.6 Å². The lowest BCUT2D eigenvalue weighted by atomic mass is 10.0. The van der Waals surface area contributed by atoms with Crippen LogP contribution in [-0.4, -0.2) is 49.5 Å². The van der Waals surface area contributed by atoms with Crippen molar-refractivity contribution in [2.45, 2.75) is 78.9 Å². The number of amides is 2. The fourth-order valence-corrected chi connectivity index (χ4v) is 5.58. The molecule has 2 rings (SSSR count). The van der Waals surface area contributed by atoms with Gasteiger partial charge in [-0.1, -0.05) is 42.3 Å². The van der Waals surface area contributed by atoms with Gasteiger partial charge in [-0.3, -0.25) is 13.9 Å². The van der Waals surface area contributed by atoms with Crippen molar-refractivity contribution in [3.63, 3.8) is 0 Å². The van der Waals surface area contributed by atoms with Crippen LogP contribution in [0.1, 0.15) is 63.6 Å². The van der Waals surface area contributed by atoms with Gasteiger partial charge in [0.15, 0.2) is 0 Å². The van der Waals surface area contributed by atoms with E-state index in [1.807, 2.05) is 53.7 Å². The van der Waals surface area contributed by atoms with Crippen molar-refractivity contribution in [3.8, 4) is 0 Å². The molecule has 0 heterocycles. The molecule has 0 bridgehead atoms. The Bertz CT molecular complexity index is 1240. The average Bonchev–Trinajstić information content (AvgIpc) is 2.78. The van der Waals surface area contributed by atoms with Crippen molar-refractivity contribution in [1.82, 2.24) is 10.2 Å². The van der Waals surface area contributed by atoms with Crippen molar-refractivity contribution < 1.29 is 18.0 Å². The zero-order valence-electron chi connectivity index (χ0n) is 23.3. The number of rotatable bonds is 11. The highest BCUT2D eigenvalue weighted by Crippen LogP contribution is 2.28. The highest BCUT2D eigenvalue weighted by atomic mass is 35.5. The van der Waals surface area contributed by atoms with Gasteiger partial charge >= 0.3 is 0 Å². The van der Waals surface area contributed by atoms with Gasteiger partial charge in [-0.2, -0.15) is 0 Å². The summed E-state index contributed by atoms with van der Waals surface area (Å²) in [7, 11) is -3.57. The third-order valence-corrected chi connectivity index (χ3v) is 8.11. The number of hydrogen-bond donors (Lipinski definition) is 1. The normalized spacial score (nSPS) is 12.7. The second-order valence-corrected chi connectivity index (χ2v) is 13.3. The lowest BCUT2D eigenvalue weighted by Gasteiger charge is -2.33. The number of aryl methyl sites for hydroxylation is 2. The lowest BCUT2D eigenvalue weighted by molar-refractivity contribution is -0.142. The summed E-state index contributed by atoms with van der Waals surface area (Å²) >= 11 is 12.8. The van der Waals surface area contributed by atoms with Crippen molar-refractivity contribution in [3.05, 3.63) is 63.1 Å². The molecule has 0 fully saturated rings. The molecule has 1 N–H and O–H groups in total. The van der Waals surface area contributed by atoms with Gasteiger partial charge in [0.1, 0.15) is 6.04 Å². The Balaban J connectivity index is 2.31. The highest BCUT2D eigenvalue weighted by Gasteiger charge is 2.31. The number of nitrogens with one attached hydrogen (secondary N) is 1. The van der Waals surface area contributed by atoms with Crippen LogP contribution in [0.3, 0.4) is 0 Å². The largest absolute Gasteiger partial charge is 0.350 e. The summed E-state index contributed by atoms with van der Waals surface area (Å²) in [5.74, 6) is -0.560. The molecule has 2 aromatic carbocycles. The molecular weight excluding hydrogens is 545 g/mol. The van der Waals surface area contributed by atoms with Crippen LogP contribution in [0.5, 0.6) is 0 Å². The topological polar surface area (TPSA) is 86.8 Å². The third-order valence-electron chi connectivity index (χ3n) is 6.20. The van der Waals surface area contributed by atoms with E-state index >= 15 is 0 Å². The molecule has 210 valence electrons. The van der Waals surface area contributed by atoms with Crippen LogP contribution in [0.15, 0.2) is 36.4 Å². The molecular formula is C28H39Cl2N3O4S. The Hall–Kier alpha value is -2.29. The number of sulfonamides is 1. The minimum absolute atomic E-state index is 0.0399. The van der Waals surface area contributed by atoms with Crippen LogP contribution in [0, 0.1) is 13.8 Å². The number of carbonyl (C=O) groups is 2. The van der Waals surface area contributed by atoms with Crippen molar-refractivity contribution in [1.29, 1.82) is 0 Å². The van der Waals surface area contributed by atoms with Gasteiger partial charge in [-0.15, -0.1) is 0 Å². The summed E-state index contributed by atoms with van der Waals surface area (Å²) in [5, 5.41) is 3.76. The van der Waals surface area contributed by atoms with Crippen LogP contribution in [-0.2, 0) is 26.2 Å². The zero-order valence-corrected chi connectivity index (χ0v) is 25.6. The first-order valence-corrected chi connectivity index (χ1v) is 15.2. The predicted octanol–water partition coefficient (Wildman–Crippen LogP) is 5.88. The maximum Gasteiger partial charge on any atom is 0.243 e.